The maximum Gasteiger partial charge on any atom is 0.114 e. The summed E-state index contributed by atoms with van der Waals surface area (Å²) < 4.78 is 1.92. The number of hydrogen-bond acceptors (Lipinski definition) is 4. The normalized spacial score (nSPS) is 15.1. The summed E-state index contributed by atoms with van der Waals surface area (Å²) >= 11 is 6.26. The van der Waals surface area contributed by atoms with E-state index < -0.39 is 0 Å². The average molecular weight is 410 g/mol. The zero-order valence-corrected chi connectivity index (χ0v) is 17.9. The smallest absolute Gasteiger partial charge is 0.114 e. The van der Waals surface area contributed by atoms with Gasteiger partial charge in [-0.3, -0.25) is 9.58 Å². The Morgan fingerprint density at radius 3 is 2.55 bits per heavy atom. The van der Waals surface area contributed by atoms with Gasteiger partial charge < -0.3 is 4.90 Å². The van der Waals surface area contributed by atoms with Crippen LogP contribution in [0.5, 0.6) is 0 Å². The zero-order valence-electron chi connectivity index (χ0n) is 17.2. The first-order chi connectivity index (χ1) is 14.1. The first-order valence-corrected chi connectivity index (χ1v) is 10.7. The average Bonchev–Trinajstić information content (AvgIpc) is 3.19. The molecule has 0 radical (unpaired) electrons. The monoisotopic (exact) mass is 409 g/mol. The van der Waals surface area contributed by atoms with Crippen LogP contribution in [-0.2, 0) is 6.54 Å². The highest BCUT2D eigenvalue weighted by Crippen LogP contribution is 2.25. The highest BCUT2D eigenvalue weighted by atomic mass is 35.5. The van der Waals surface area contributed by atoms with Crippen LogP contribution >= 0.6 is 11.6 Å². The van der Waals surface area contributed by atoms with Gasteiger partial charge in [-0.15, -0.1) is 5.10 Å². The van der Waals surface area contributed by atoms with E-state index in [1.165, 1.54) is 16.8 Å². The van der Waals surface area contributed by atoms with Crippen molar-refractivity contribution in [3.05, 3.63) is 64.8 Å². The minimum absolute atomic E-state index is 0.710. The number of hydrogen-bond donors (Lipinski definition) is 0. The molecule has 0 unspecified atom stereocenters. The van der Waals surface area contributed by atoms with E-state index in [0.717, 1.165) is 56.9 Å². The van der Waals surface area contributed by atoms with E-state index in [-0.39, 0.29) is 0 Å². The standard InChI is InChI=1S/C23H28ClN5/c1-18-8-9-19(2)23(16-18)28-14-12-27(13-15-28)10-5-11-29-17-22(25-26-29)20-6-3-4-7-21(20)24/h3-4,6-9,16-17H,5,10-15H2,1-2H3. The van der Waals surface area contributed by atoms with E-state index in [1.54, 1.807) is 0 Å². The second-order valence-corrected chi connectivity index (χ2v) is 8.23. The molecule has 0 N–H and O–H groups in total. The molecule has 0 atom stereocenters. The zero-order chi connectivity index (χ0) is 20.2. The Kier molecular flexibility index (Phi) is 6.16. The fraction of sp³-hybridized carbons (Fsp3) is 0.391. The van der Waals surface area contributed by atoms with Gasteiger partial charge in [-0.25, -0.2) is 0 Å². The largest absolute Gasteiger partial charge is 0.369 e. The van der Waals surface area contributed by atoms with Crippen LogP contribution in [0.2, 0.25) is 5.02 Å². The molecule has 2 aromatic carbocycles. The van der Waals surface area contributed by atoms with Crippen LogP contribution < -0.4 is 4.90 Å². The van der Waals surface area contributed by atoms with Gasteiger partial charge in [0.05, 0.1) is 11.2 Å². The summed E-state index contributed by atoms with van der Waals surface area (Å²) in [5.74, 6) is 0. The molecule has 4 rings (SSSR count). The van der Waals surface area contributed by atoms with E-state index >= 15 is 0 Å². The summed E-state index contributed by atoms with van der Waals surface area (Å²) in [5.41, 5.74) is 5.85. The van der Waals surface area contributed by atoms with Crippen molar-refractivity contribution < 1.29 is 0 Å². The Bertz CT molecular complexity index is 959. The molecule has 3 aromatic rings. The van der Waals surface area contributed by atoms with E-state index in [9.17, 15) is 0 Å². The summed E-state index contributed by atoms with van der Waals surface area (Å²) in [6.07, 6.45) is 3.05. The quantitative estimate of drug-likeness (QED) is 0.603. The number of rotatable bonds is 6. The topological polar surface area (TPSA) is 37.2 Å². The molecule has 1 fully saturated rings. The minimum Gasteiger partial charge on any atom is -0.369 e. The first-order valence-electron chi connectivity index (χ1n) is 10.3. The predicted molar refractivity (Wildman–Crippen MR) is 120 cm³/mol. The highest BCUT2D eigenvalue weighted by Gasteiger charge is 2.18. The lowest BCUT2D eigenvalue weighted by atomic mass is 10.1. The summed E-state index contributed by atoms with van der Waals surface area (Å²) in [7, 11) is 0. The third-order valence-electron chi connectivity index (χ3n) is 5.63. The lowest BCUT2D eigenvalue weighted by Crippen LogP contribution is -2.47. The van der Waals surface area contributed by atoms with Crippen LogP contribution in [0, 0.1) is 13.8 Å². The lowest BCUT2D eigenvalue weighted by molar-refractivity contribution is 0.248. The van der Waals surface area contributed by atoms with Gasteiger partial charge in [-0.05, 0) is 43.5 Å². The van der Waals surface area contributed by atoms with Crippen molar-refractivity contribution in [2.75, 3.05) is 37.6 Å². The van der Waals surface area contributed by atoms with Crippen molar-refractivity contribution in [2.45, 2.75) is 26.8 Å². The third kappa shape index (κ3) is 4.80. The Morgan fingerprint density at radius 2 is 1.76 bits per heavy atom. The Morgan fingerprint density at radius 1 is 0.966 bits per heavy atom. The third-order valence-corrected chi connectivity index (χ3v) is 5.96. The van der Waals surface area contributed by atoms with Crippen LogP contribution in [0.4, 0.5) is 5.69 Å². The molecule has 1 aliphatic heterocycles. The van der Waals surface area contributed by atoms with Crippen molar-refractivity contribution in [2.24, 2.45) is 0 Å². The van der Waals surface area contributed by atoms with Crippen molar-refractivity contribution in [1.29, 1.82) is 0 Å². The molecule has 5 nitrogen and oxygen atoms in total. The molecule has 1 aromatic heterocycles. The van der Waals surface area contributed by atoms with Gasteiger partial charge in [-0.2, -0.15) is 0 Å². The molecule has 0 aliphatic carbocycles. The van der Waals surface area contributed by atoms with Crippen molar-refractivity contribution >= 4 is 17.3 Å². The van der Waals surface area contributed by atoms with E-state index in [0.29, 0.717) is 5.02 Å². The molecule has 1 saturated heterocycles. The maximum atomic E-state index is 6.26. The van der Waals surface area contributed by atoms with Gasteiger partial charge in [0.1, 0.15) is 5.69 Å². The first kappa shape index (κ1) is 19.9. The maximum absolute atomic E-state index is 6.26. The Balaban J connectivity index is 1.25. The second-order valence-electron chi connectivity index (χ2n) is 7.82. The van der Waals surface area contributed by atoms with Crippen LogP contribution in [-0.4, -0.2) is 52.6 Å². The summed E-state index contributed by atoms with van der Waals surface area (Å²) in [4.78, 5) is 5.07. The number of aryl methyl sites for hydroxylation is 3. The van der Waals surface area contributed by atoms with Crippen molar-refractivity contribution in [3.8, 4) is 11.3 Å². The molecule has 1 aliphatic rings. The van der Waals surface area contributed by atoms with Crippen molar-refractivity contribution in [1.82, 2.24) is 19.9 Å². The van der Waals surface area contributed by atoms with Gasteiger partial charge in [0.25, 0.3) is 0 Å². The highest BCUT2D eigenvalue weighted by molar-refractivity contribution is 6.33. The van der Waals surface area contributed by atoms with E-state index in [4.69, 9.17) is 11.6 Å². The molecule has 0 bridgehead atoms. The molecule has 152 valence electrons. The second kappa shape index (κ2) is 8.97. The molecule has 2 heterocycles. The minimum atomic E-state index is 0.710. The molecule has 29 heavy (non-hydrogen) atoms. The van der Waals surface area contributed by atoms with Crippen molar-refractivity contribution in [3.63, 3.8) is 0 Å². The van der Waals surface area contributed by atoms with Crippen LogP contribution in [0.15, 0.2) is 48.7 Å². The molecular weight excluding hydrogens is 382 g/mol. The molecule has 0 saturated carbocycles. The van der Waals surface area contributed by atoms with Crippen LogP contribution in [0.1, 0.15) is 17.5 Å². The summed E-state index contributed by atoms with van der Waals surface area (Å²) in [6.45, 7) is 10.7. The molecular formula is C23H28ClN5. The molecule has 0 amide bonds. The van der Waals surface area contributed by atoms with Gasteiger partial charge >= 0.3 is 0 Å². The van der Waals surface area contributed by atoms with Gasteiger partial charge in [0.2, 0.25) is 0 Å². The van der Waals surface area contributed by atoms with Gasteiger partial charge in [-0.1, -0.05) is 47.1 Å². The molecule has 0 spiro atoms. The fourth-order valence-electron chi connectivity index (χ4n) is 3.93. The van der Waals surface area contributed by atoms with Crippen LogP contribution in [0.3, 0.4) is 0 Å². The number of nitrogens with zero attached hydrogens (tertiary/aromatic N) is 5. The Labute approximate surface area is 177 Å². The fourth-order valence-corrected chi connectivity index (χ4v) is 4.16. The number of aromatic nitrogens is 3. The lowest BCUT2D eigenvalue weighted by Gasteiger charge is -2.37. The SMILES string of the molecule is Cc1ccc(C)c(N2CCN(CCCn3cc(-c4ccccc4Cl)nn3)CC2)c1. The number of halogens is 1. The van der Waals surface area contributed by atoms with Crippen LogP contribution in [0.25, 0.3) is 11.3 Å². The Hall–Kier alpha value is -2.37. The van der Waals surface area contributed by atoms with Gasteiger partial charge in [0, 0.05) is 50.5 Å². The van der Waals surface area contributed by atoms with E-state index in [2.05, 4.69) is 52.2 Å². The number of benzene rings is 2. The van der Waals surface area contributed by atoms with E-state index in [1.807, 2.05) is 35.1 Å². The summed E-state index contributed by atoms with van der Waals surface area (Å²) in [6, 6.07) is 14.5. The predicted octanol–water partition coefficient (Wildman–Crippen LogP) is 4.43. The molecule has 6 heteroatoms. The number of piperazine rings is 1. The summed E-state index contributed by atoms with van der Waals surface area (Å²) in [5, 5.41) is 9.26. The number of anilines is 1. The van der Waals surface area contributed by atoms with Gasteiger partial charge in [0.15, 0.2) is 0 Å².